The van der Waals surface area contributed by atoms with E-state index in [1.807, 2.05) is 12.1 Å². The van der Waals surface area contributed by atoms with E-state index in [9.17, 15) is 0 Å². The summed E-state index contributed by atoms with van der Waals surface area (Å²) in [6.45, 7) is 2.09. The van der Waals surface area contributed by atoms with Crippen molar-refractivity contribution < 1.29 is 0 Å². The molecule has 0 unspecified atom stereocenters. The van der Waals surface area contributed by atoms with Crippen molar-refractivity contribution in [1.82, 2.24) is 9.97 Å². The predicted octanol–water partition coefficient (Wildman–Crippen LogP) is 5.67. The first-order chi connectivity index (χ1) is 11.2. The molecule has 0 aliphatic heterocycles. The largest absolute Gasteiger partial charge is 0.339 e. The van der Waals surface area contributed by atoms with Gasteiger partial charge < -0.3 is 5.32 Å². The maximum absolute atomic E-state index is 6.17. The average Bonchev–Trinajstić information content (AvgIpc) is 2.71. The van der Waals surface area contributed by atoms with Gasteiger partial charge in [-0.05, 0) is 61.4 Å². The topological polar surface area (TPSA) is 37.8 Å². The molecule has 1 aromatic carbocycles. The molecule has 1 N–H and O–H groups in total. The van der Waals surface area contributed by atoms with Crippen molar-refractivity contribution in [3.05, 3.63) is 45.6 Å². The zero-order valence-corrected chi connectivity index (χ0v) is 14.6. The summed E-state index contributed by atoms with van der Waals surface area (Å²) in [6, 6.07) is 8.24. The van der Waals surface area contributed by atoms with E-state index < -0.39 is 0 Å². The third-order valence-corrected chi connectivity index (χ3v) is 5.79. The van der Waals surface area contributed by atoms with E-state index in [0.717, 1.165) is 29.2 Å². The highest BCUT2D eigenvalue weighted by atomic mass is 35.5. The highest BCUT2D eigenvalue weighted by Crippen LogP contribution is 2.39. The molecular weight excluding hydrogens is 326 g/mol. The number of thiophene rings is 1. The molecular formula is C18H18ClN3S. The predicted molar refractivity (Wildman–Crippen MR) is 98.1 cm³/mol. The zero-order valence-electron chi connectivity index (χ0n) is 13.0. The van der Waals surface area contributed by atoms with Crippen molar-refractivity contribution in [1.29, 1.82) is 0 Å². The second-order valence-corrected chi connectivity index (χ2v) is 7.45. The van der Waals surface area contributed by atoms with Gasteiger partial charge in [-0.2, -0.15) is 4.98 Å². The molecule has 0 spiro atoms. The SMILES string of the molecule is Cc1ccccc1Nc1nc(Cl)nc2sc3c(c12)CCCCC3. The Labute approximate surface area is 144 Å². The molecule has 118 valence electrons. The van der Waals surface area contributed by atoms with Crippen molar-refractivity contribution >= 4 is 44.7 Å². The van der Waals surface area contributed by atoms with Crippen LogP contribution in [0.2, 0.25) is 5.28 Å². The van der Waals surface area contributed by atoms with Crippen LogP contribution in [-0.2, 0) is 12.8 Å². The average molecular weight is 344 g/mol. The van der Waals surface area contributed by atoms with E-state index in [-0.39, 0.29) is 0 Å². The molecule has 1 aliphatic carbocycles. The van der Waals surface area contributed by atoms with E-state index in [0.29, 0.717) is 5.28 Å². The molecule has 0 radical (unpaired) electrons. The van der Waals surface area contributed by atoms with Crippen molar-refractivity contribution in [3.8, 4) is 0 Å². The molecule has 0 saturated heterocycles. The summed E-state index contributed by atoms with van der Waals surface area (Å²) in [4.78, 5) is 11.4. The first-order valence-corrected chi connectivity index (χ1v) is 9.22. The number of para-hydroxylation sites is 1. The van der Waals surface area contributed by atoms with Crippen LogP contribution in [0.4, 0.5) is 11.5 Å². The first-order valence-electron chi connectivity index (χ1n) is 8.03. The van der Waals surface area contributed by atoms with Gasteiger partial charge in [0.25, 0.3) is 0 Å². The Bertz CT molecular complexity index is 872. The van der Waals surface area contributed by atoms with Gasteiger partial charge in [-0.3, -0.25) is 0 Å². The molecule has 4 rings (SSSR count). The van der Waals surface area contributed by atoms with E-state index in [4.69, 9.17) is 11.6 Å². The number of nitrogens with zero attached hydrogens (tertiary/aromatic N) is 2. The van der Waals surface area contributed by atoms with Crippen molar-refractivity contribution in [2.45, 2.75) is 39.0 Å². The number of anilines is 2. The van der Waals surface area contributed by atoms with Gasteiger partial charge >= 0.3 is 0 Å². The van der Waals surface area contributed by atoms with Crippen LogP contribution in [0, 0.1) is 6.92 Å². The van der Waals surface area contributed by atoms with Gasteiger partial charge in [0.05, 0.1) is 5.39 Å². The smallest absolute Gasteiger partial charge is 0.225 e. The molecule has 2 aromatic heterocycles. The van der Waals surface area contributed by atoms with Crippen LogP contribution in [0.25, 0.3) is 10.2 Å². The quantitative estimate of drug-likeness (QED) is 0.481. The molecule has 5 heteroatoms. The van der Waals surface area contributed by atoms with Gasteiger partial charge in [0, 0.05) is 10.6 Å². The first kappa shape index (κ1) is 14.9. The Morgan fingerprint density at radius 1 is 1.09 bits per heavy atom. The summed E-state index contributed by atoms with van der Waals surface area (Å²) in [5, 5.41) is 4.96. The molecule has 3 aromatic rings. The van der Waals surface area contributed by atoms with Gasteiger partial charge in [0.1, 0.15) is 10.6 Å². The summed E-state index contributed by atoms with van der Waals surface area (Å²) >= 11 is 7.95. The molecule has 0 fully saturated rings. The number of rotatable bonds is 2. The Balaban J connectivity index is 1.88. The van der Waals surface area contributed by atoms with Crippen LogP contribution in [0.1, 0.15) is 35.3 Å². The van der Waals surface area contributed by atoms with Gasteiger partial charge in [-0.1, -0.05) is 24.6 Å². The maximum atomic E-state index is 6.17. The highest BCUT2D eigenvalue weighted by molar-refractivity contribution is 7.19. The Morgan fingerprint density at radius 3 is 2.78 bits per heavy atom. The number of halogens is 1. The van der Waals surface area contributed by atoms with E-state index in [1.165, 1.54) is 40.7 Å². The Kier molecular flexibility index (Phi) is 3.95. The van der Waals surface area contributed by atoms with E-state index in [2.05, 4.69) is 34.3 Å². The van der Waals surface area contributed by atoms with Gasteiger partial charge in [0.15, 0.2) is 0 Å². The van der Waals surface area contributed by atoms with Gasteiger partial charge in [-0.25, -0.2) is 4.98 Å². The molecule has 3 nitrogen and oxygen atoms in total. The number of benzene rings is 1. The molecule has 1 aliphatic rings. The monoisotopic (exact) mass is 343 g/mol. The summed E-state index contributed by atoms with van der Waals surface area (Å²) < 4.78 is 0. The van der Waals surface area contributed by atoms with Crippen LogP contribution in [0.3, 0.4) is 0 Å². The minimum atomic E-state index is 0.310. The van der Waals surface area contributed by atoms with Crippen LogP contribution < -0.4 is 5.32 Å². The fraction of sp³-hybridized carbons (Fsp3) is 0.333. The lowest BCUT2D eigenvalue weighted by Crippen LogP contribution is -1.99. The van der Waals surface area contributed by atoms with Gasteiger partial charge in [-0.15, -0.1) is 11.3 Å². The Morgan fingerprint density at radius 2 is 1.91 bits per heavy atom. The van der Waals surface area contributed by atoms with Crippen LogP contribution in [0.5, 0.6) is 0 Å². The van der Waals surface area contributed by atoms with Crippen LogP contribution in [0.15, 0.2) is 24.3 Å². The fourth-order valence-corrected chi connectivity index (χ4v) is 4.72. The molecule has 0 atom stereocenters. The lowest BCUT2D eigenvalue weighted by atomic mass is 10.1. The van der Waals surface area contributed by atoms with Crippen molar-refractivity contribution in [2.24, 2.45) is 0 Å². The number of aromatic nitrogens is 2. The minimum absolute atomic E-state index is 0.310. The van der Waals surface area contributed by atoms with E-state index in [1.54, 1.807) is 11.3 Å². The standard InChI is InChI=1S/C18H18ClN3S/c1-11-7-5-6-9-13(11)20-16-15-12-8-3-2-4-10-14(12)23-17(15)22-18(19)21-16/h5-7,9H,2-4,8,10H2,1H3,(H,20,21,22). The summed E-state index contributed by atoms with van der Waals surface area (Å²) in [7, 11) is 0. The summed E-state index contributed by atoms with van der Waals surface area (Å²) in [5.74, 6) is 0.841. The van der Waals surface area contributed by atoms with Crippen molar-refractivity contribution in [2.75, 3.05) is 5.32 Å². The lowest BCUT2D eigenvalue weighted by Gasteiger charge is -2.11. The molecule has 0 amide bonds. The second kappa shape index (κ2) is 6.10. The second-order valence-electron chi connectivity index (χ2n) is 6.03. The highest BCUT2D eigenvalue weighted by Gasteiger charge is 2.20. The van der Waals surface area contributed by atoms with Crippen molar-refractivity contribution in [3.63, 3.8) is 0 Å². The van der Waals surface area contributed by atoms with E-state index >= 15 is 0 Å². The molecule has 23 heavy (non-hydrogen) atoms. The maximum Gasteiger partial charge on any atom is 0.225 e. The normalized spacial score (nSPS) is 14.5. The fourth-order valence-electron chi connectivity index (χ4n) is 3.24. The number of hydrogen-bond donors (Lipinski definition) is 1. The van der Waals surface area contributed by atoms with Crippen LogP contribution in [-0.4, -0.2) is 9.97 Å². The summed E-state index contributed by atoms with van der Waals surface area (Å²) in [5.41, 5.74) is 3.68. The third-order valence-electron chi connectivity index (χ3n) is 4.44. The van der Waals surface area contributed by atoms with Gasteiger partial charge in [0.2, 0.25) is 5.28 Å². The molecule has 2 heterocycles. The summed E-state index contributed by atoms with van der Waals surface area (Å²) in [6.07, 6.45) is 6.07. The molecule has 0 saturated carbocycles. The lowest BCUT2D eigenvalue weighted by molar-refractivity contribution is 0.713. The number of hydrogen-bond acceptors (Lipinski definition) is 4. The number of aryl methyl sites for hydroxylation is 3. The minimum Gasteiger partial charge on any atom is -0.339 e. The zero-order chi connectivity index (χ0) is 15.8. The third kappa shape index (κ3) is 2.81. The molecule has 0 bridgehead atoms. The Hall–Kier alpha value is -1.65. The number of nitrogens with one attached hydrogen (secondary N) is 1. The van der Waals surface area contributed by atoms with Crippen LogP contribution >= 0.6 is 22.9 Å². The number of fused-ring (bicyclic) bond motifs is 3.